The van der Waals surface area contributed by atoms with Crippen molar-refractivity contribution in [1.29, 1.82) is 0 Å². The Morgan fingerprint density at radius 2 is 2.00 bits per heavy atom. The van der Waals surface area contributed by atoms with Crippen LogP contribution in [0.3, 0.4) is 0 Å². The van der Waals surface area contributed by atoms with Crippen molar-refractivity contribution in [3.8, 4) is 0 Å². The van der Waals surface area contributed by atoms with Crippen molar-refractivity contribution in [1.82, 2.24) is 15.3 Å². The van der Waals surface area contributed by atoms with Crippen LogP contribution in [0.15, 0.2) is 55.0 Å². The van der Waals surface area contributed by atoms with Crippen LogP contribution in [0.4, 0.5) is 0 Å². The van der Waals surface area contributed by atoms with E-state index in [2.05, 4.69) is 28.3 Å². The monoisotopic (exact) mass is 297 g/mol. The van der Waals surface area contributed by atoms with Gasteiger partial charge in [-0.15, -0.1) is 0 Å². The Labute approximate surface area is 129 Å². The van der Waals surface area contributed by atoms with Crippen LogP contribution in [0.25, 0.3) is 10.9 Å². The molecule has 21 heavy (non-hydrogen) atoms. The molecule has 3 rings (SSSR count). The van der Waals surface area contributed by atoms with Crippen molar-refractivity contribution in [2.24, 2.45) is 0 Å². The summed E-state index contributed by atoms with van der Waals surface area (Å²) >= 11 is 6.22. The maximum atomic E-state index is 6.22. The molecule has 1 aromatic carbocycles. The van der Waals surface area contributed by atoms with E-state index in [1.807, 2.05) is 36.5 Å². The first-order chi connectivity index (χ1) is 10.3. The van der Waals surface area contributed by atoms with Gasteiger partial charge in [-0.1, -0.05) is 23.7 Å². The van der Waals surface area contributed by atoms with Gasteiger partial charge in [-0.2, -0.15) is 0 Å². The topological polar surface area (TPSA) is 37.8 Å². The fraction of sp³-hybridized carbons (Fsp3) is 0.176. The molecule has 0 saturated carbocycles. The quantitative estimate of drug-likeness (QED) is 0.786. The molecule has 0 aliphatic carbocycles. The Balaban J connectivity index is 1.81. The van der Waals surface area contributed by atoms with Crippen molar-refractivity contribution in [3.05, 3.63) is 71.1 Å². The number of pyridine rings is 2. The lowest BCUT2D eigenvalue weighted by Crippen LogP contribution is -2.18. The Bertz CT molecular complexity index is 743. The summed E-state index contributed by atoms with van der Waals surface area (Å²) in [5.41, 5.74) is 3.27. The third-order valence-corrected chi connectivity index (χ3v) is 3.91. The number of hydrogen-bond donors (Lipinski definition) is 1. The third-order valence-electron chi connectivity index (χ3n) is 3.58. The zero-order valence-corrected chi connectivity index (χ0v) is 12.5. The molecule has 1 N–H and O–H groups in total. The highest BCUT2D eigenvalue weighted by Gasteiger charge is 2.08. The highest BCUT2D eigenvalue weighted by atomic mass is 35.5. The number of hydrogen-bond acceptors (Lipinski definition) is 3. The molecule has 0 spiro atoms. The summed E-state index contributed by atoms with van der Waals surface area (Å²) in [5, 5.41) is 5.23. The minimum atomic E-state index is 0.230. The molecule has 3 aromatic rings. The van der Waals surface area contributed by atoms with E-state index in [1.165, 1.54) is 5.56 Å². The molecule has 2 heterocycles. The van der Waals surface area contributed by atoms with E-state index in [0.29, 0.717) is 0 Å². The summed E-state index contributed by atoms with van der Waals surface area (Å²) in [7, 11) is 0. The number of aromatic nitrogens is 2. The van der Waals surface area contributed by atoms with E-state index in [4.69, 9.17) is 11.6 Å². The van der Waals surface area contributed by atoms with E-state index in [1.54, 1.807) is 12.4 Å². The highest BCUT2D eigenvalue weighted by Crippen LogP contribution is 2.25. The van der Waals surface area contributed by atoms with E-state index < -0.39 is 0 Å². The molecule has 0 aliphatic rings. The van der Waals surface area contributed by atoms with Crippen LogP contribution in [-0.4, -0.2) is 9.97 Å². The van der Waals surface area contributed by atoms with Crippen LogP contribution < -0.4 is 5.32 Å². The average Bonchev–Trinajstić information content (AvgIpc) is 2.55. The van der Waals surface area contributed by atoms with Gasteiger partial charge in [-0.25, -0.2) is 0 Å². The molecular formula is C17H16ClN3. The van der Waals surface area contributed by atoms with Crippen molar-refractivity contribution in [2.45, 2.75) is 19.5 Å². The van der Waals surface area contributed by atoms with Crippen molar-refractivity contribution in [2.75, 3.05) is 0 Å². The normalized spacial score (nSPS) is 12.5. The first-order valence-corrected chi connectivity index (χ1v) is 7.29. The number of nitrogens with zero attached hydrogens (tertiary/aromatic N) is 2. The number of halogens is 1. The van der Waals surface area contributed by atoms with Gasteiger partial charge >= 0.3 is 0 Å². The van der Waals surface area contributed by atoms with E-state index in [9.17, 15) is 0 Å². The summed E-state index contributed by atoms with van der Waals surface area (Å²) in [5.74, 6) is 0. The van der Waals surface area contributed by atoms with Crippen LogP contribution in [0.1, 0.15) is 24.1 Å². The number of nitrogens with one attached hydrogen (secondary N) is 1. The second kappa shape index (κ2) is 6.20. The van der Waals surface area contributed by atoms with Crippen molar-refractivity contribution >= 4 is 22.5 Å². The molecular weight excluding hydrogens is 282 g/mol. The lowest BCUT2D eigenvalue weighted by atomic mass is 10.1. The molecule has 3 nitrogen and oxygen atoms in total. The fourth-order valence-electron chi connectivity index (χ4n) is 2.35. The van der Waals surface area contributed by atoms with Gasteiger partial charge in [0.25, 0.3) is 0 Å². The molecule has 0 unspecified atom stereocenters. The van der Waals surface area contributed by atoms with Crippen LogP contribution in [0.2, 0.25) is 5.02 Å². The molecule has 0 radical (unpaired) electrons. The minimum Gasteiger partial charge on any atom is -0.306 e. The van der Waals surface area contributed by atoms with Gasteiger partial charge in [-0.3, -0.25) is 9.97 Å². The summed E-state index contributed by atoms with van der Waals surface area (Å²) in [6.45, 7) is 2.86. The zero-order chi connectivity index (χ0) is 14.7. The minimum absolute atomic E-state index is 0.230. The van der Waals surface area contributed by atoms with Gasteiger partial charge < -0.3 is 5.32 Å². The van der Waals surface area contributed by atoms with E-state index >= 15 is 0 Å². The highest BCUT2D eigenvalue weighted by molar-refractivity contribution is 6.35. The first kappa shape index (κ1) is 14.0. The SMILES string of the molecule is C[C@@H](NCc1ccc(Cl)c2cccnc12)c1cccnc1. The van der Waals surface area contributed by atoms with Crippen molar-refractivity contribution < 1.29 is 0 Å². The van der Waals surface area contributed by atoms with Crippen LogP contribution in [-0.2, 0) is 6.54 Å². The fourth-order valence-corrected chi connectivity index (χ4v) is 2.57. The maximum Gasteiger partial charge on any atom is 0.0761 e. The largest absolute Gasteiger partial charge is 0.306 e. The van der Waals surface area contributed by atoms with Crippen LogP contribution in [0.5, 0.6) is 0 Å². The first-order valence-electron chi connectivity index (χ1n) is 6.91. The van der Waals surface area contributed by atoms with Gasteiger partial charge in [0.05, 0.1) is 5.52 Å². The number of benzene rings is 1. The predicted molar refractivity (Wildman–Crippen MR) is 86.2 cm³/mol. The molecule has 2 aromatic heterocycles. The molecule has 1 atom stereocenters. The lowest BCUT2D eigenvalue weighted by Gasteiger charge is -2.15. The Morgan fingerprint density at radius 3 is 2.81 bits per heavy atom. The molecule has 0 saturated heterocycles. The van der Waals surface area contributed by atoms with Gasteiger partial charge in [-0.05, 0) is 42.3 Å². The number of fused-ring (bicyclic) bond motifs is 1. The van der Waals surface area contributed by atoms with Gasteiger partial charge in [0.15, 0.2) is 0 Å². The Morgan fingerprint density at radius 1 is 1.14 bits per heavy atom. The zero-order valence-electron chi connectivity index (χ0n) is 11.8. The van der Waals surface area contributed by atoms with E-state index in [0.717, 1.165) is 28.0 Å². The smallest absolute Gasteiger partial charge is 0.0761 e. The second-order valence-corrected chi connectivity index (χ2v) is 5.40. The van der Waals surface area contributed by atoms with Crippen molar-refractivity contribution in [3.63, 3.8) is 0 Å². The summed E-state index contributed by atoms with van der Waals surface area (Å²) in [4.78, 5) is 8.61. The van der Waals surface area contributed by atoms with Gasteiger partial charge in [0, 0.05) is 41.6 Å². The van der Waals surface area contributed by atoms with Gasteiger partial charge in [0.1, 0.15) is 0 Å². The molecule has 0 bridgehead atoms. The maximum absolute atomic E-state index is 6.22. The molecule has 0 amide bonds. The third kappa shape index (κ3) is 3.04. The van der Waals surface area contributed by atoms with Crippen LogP contribution >= 0.6 is 11.6 Å². The summed E-state index contributed by atoms with van der Waals surface area (Å²) < 4.78 is 0. The number of rotatable bonds is 4. The molecule has 0 fully saturated rings. The molecule has 4 heteroatoms. The molecule has 106 valence electrons. The van der Waals surface area contributed by atoms with E-state index in [-0.39, 0.29) is 6.04 Å². The summed E-state index contributed by atoms with van der Waals surface area (Å²) in [6.07, 6.45) is 5.47. The summed E-state index contributed by atoms with van der Waals surface area (Å²) in [6, 6.07) is 12.1. The Kier molecular flexibility index (Phi) is 4.13. The predicted octanol–water partition coefficient (Wildman–Crippen LogP) is 4.13. The van der Waals surface area contributed by atoms with Gasteiger partial charge in [0.2, 0.25) is 0 Å². The standard InChI is InChI=1S/C17H16ClN3/c1-12(13-4-2-8-19-10-13)21-11-14-6-7-16(18)15-5-3-9-20-17(14)15/h2-10,12,21H,11H2,1H3/t12-/m1/s1. The average molecular weight is 298 g/mol. The second-order valence-electron chi connectivity index (χ2n) is 5.00. The molecule has 0 aliphatic heterocycles. The Hall–Kier alpha value is -1.97. The lowest BCUT2D eigenvalue weighted by molar-refractivity contribution is 0.574. The van der Waals surface area contributed by atoms with Crippen LogP contribution in [0, 0.1) is 0 Å².